The molecule has 5 rings (SSSR count). The summed E-state index contributed by atoms with van der Waals surface area (Å²) in [5.41, 5.74) is 6.67. The van der Waals surface area contributed by atoms with Gasteiger partial charge in [-0.2, -0.15) is 0 Å². The van der Waals surface area contributed by atoms with Crippen molar-refractivity contribution in [3.8, 4) is 11.5 Å². The number of ether oxygens (including phenoxy) is 1. The Hall–Kier alpha value is -3.47. The van der Waals surface area contributed by atoms with Crippen LogP contribution >= 0.6 is 0 Å². The molecule has 2 aliphatic heterocycles. The summed E-state index contributed by atoms with van der Waals surface area (Å²) in [4.78, 5) is 43.0. The predicted molar refractivity (Wildman–Crippen MR) is 159 cm³/mol. The van der Waals surface area contributed by atoms with Crippen molar-refractivity contribution in [1.29, 1.82) is 0 Å². The van der Waals surface area contributed by atoms with Gasteiger partial charge in [0, 0.05) is 45.3 Å². The third kappa shape index (κ3) is 6.30. The normalized spacial score (nSPS) is 22.1. The standard InChI is InChI=1S/C32H43N5O5/c1-34-29(39)24-9-13-26(14-10-24)42-25-11-7-22(8-12-25)21-36-18-15-32(16-19-36)31(41)35-27(30(40)37(32)20-17-33)28(38)23-5-3-2-4-6-23/h7-14,23,27-28,38H,2-6,15-21,33H2,1H3,(H,34,39)(H,35,41)/t27-,28-/m1/s1. The molecular weight excluding hydrogens is 534 g/mol. The number of nitrogens with zero attached hydrogens (tertiary/aromatic N) is 2. The maximum atomic E-state index is 13.7. The van der Waals surface area contributed by atoms with Gasteiger partial charge in [-0.05, 0) is 73.6 Å². The van der Waals surface area contributed by atoms with Gasteiger partial charge in [-0.3, -0.25) is 19.3 Å². The Balaban J connectivity index is 1.18. The lowest BCUT2D eigenvalue weighted by molar-refractivity contribution is -0.165. The summed E-state index contributed by atoms with van der Waals surface area (Å²) in [7, 11) is 1.60. The molecule has 2 aromatic carbocycles. The van der Waals surface area contributed by atoms with E-state index in [2.05, 4.69) is 15.5 Å². The Bertz CT molecular complexity index is 1240. The number of aliphatic hydroxyl groups is 1. The van der Waals surface area contributed by atoms with Gasteiger partial charge in [0.25, 0.3) is 5.91 Å². The Morgan fingerprint density at radius 3 is 2.26 bits per heavy atom. The van der Waals surface area contributed by atoms with E-state index in [-0.39, 0.29) is 30.2 Å². The van der Waals surface area contributed by atoms with Crippen molar-refractivity contribution in [1.82, 2.24) is 20.4 Å². The molecule has 10 nitrogen and oxygen atoms in total. The lowest BCUT2D eigenvalue weighted by Gasteiger charge is -2.52. The molecule has 3 amide bonds. The van der Waals surface area contributed by atoms with E-state index in [4.69, 9.17) is 10.5 Å². The number of aliphatic hydroxyl groups excluding tert-OH is 1. The van der Waals surface area contributed by atoms with E-state index < -0.39 is 17.7 Å². The molecule has 3 fully saturated rings. The van der Waals surface area contributed by atoms with Crippen molar-refractivity contribution in [2.24, 2.45) is 11.7 Å². The second-order valence-corrected chi connectivity index (χ2v) is 11.8. The minimum absolute atomic E-state index is 0.0370. The molecule has 0 unspecified atom stereocenters. The van der Waals surface area contributed by atoms with Crippen LogP contribution in [0.2, 0.25) is 0 Å². The number of hydrogen-bond acceptors (Lipinski definition) is 7. The number of piperidine rings is 1. The largest absolute Gasteiger partial charge is 0.457 e. The molecule has 2 aromatic rings. The van der Waals surface area contributed by atoms with Crippen LogP contribution in [0.3, 0.4) is 0 Å². The maximum Gasteiger partial charge on any atom is 0.251 e. The second-order valence-electron chi connectivity index (χ2n) is 11.8. The number of nitrogens with two attached hydrogens (primary N) is 1. The van der Waals surface area contributed by atoms with Gasteiger partial charge in [0.15, 0.2) is 0 Å². The predicted octanol–water partition coefficient (Wildman–Crippen LogP) is 2.40. The Morgan fingerprint density at radius 1 is 1.05 bits per heavy atom. The fourth-order valence-corrected chi connectivity index (χ4v) is 6.73. The highest BCUT2D eigenvalue weighted by molar-refractivity contribution is 6.00. The highest BCUT2D eigenvalue weighted by Gasteiger charge is 2.55. The van der Waals surface area contributed by atoms with Crippen LogP contribution in [0, 0.1) is 5.92 Å². The lowest BCUT2D eigenvalue weighted by Crippen LogP contribution is -2.75. The quantitative estimate of drug-likeness (QED) is 0.359. The number of likely N-dealkylation sites (tertiary alicyclic amines) is 1. The average molecular weight is 578 g/mol. The van der Waals surface area contributed by atoms with Gasteiger partial charge in [-0.15, -0.1) is 0 Å². The summed E-state index contributed by atoms with van der Waals surface area (Å²) < 4.78 is 5.93. The van der Waals surface area contributed by atoms with Crippen molar-refractivity contribution in [3.63, 3.8) is 0 Å². The molecule has 3 aliphatic rings. The van der Waals surface area contributed by atoms with Crippen LogP contribution in [-0.2, 0) is 16.1 Å². The van der Waals surface area contributed by atoms with E-state index in [1.54, 1.807) is 36.2 Å². The fraction of sp³-hybridized carbons (Fsp3) is 0.531. The van der Waals surface area contributed by atoms with Crippen molar-refractivity contribution >= 4 is 17.7 Å². The molecule has 0 radical (unpaired) electrons. The Labute approximate surface area is 247 Å². The van der Waals surface area contributed by atoms with Crippen LogP contribution in [0.25, 0.3) is 0 Å². The van der Waals surface area contributed by atoms with Gasteiger partial charge in [0.05, 0.1) is 6.10 Å². The van der Waals surface area contributed by atoms with Gasteiger partial charge >= 0.3 is 0 Å². The molecule has 2 heterocycles. The van der Waals surface area contributed by atoms with Gasteiger partial charge in [0.1, 0.15) is 23.1 Å². The highest BCUT2D eigenvalue weighted by Crippen LogP contribution is 2.36. The van der Waals surface area contributed by atoms with Gasteiger partial charge < -0.3 is 31.1 Å². The molecule has 10 heteroatoms. The zero-order valence-corrected chi connectivity index (χ0v) is 24.4. The van der Waals surface area contributed by atoms with E-state index in [0.717, 1.165) is 37.7 Å². The summed E-state index contributed by atoms with van der Waals surface area (Å²) >= 11 is 0. The summed E-state index contributed by atoms with van der Waals surface area (Å²) in [6.45, 7) is 2.60. The van der Waals surface area contributed by atoms with Gasteiger partial charge in [0.2, 0.25) is 11.8 Å². The third-order valence-corrected chi connectivity index (χ3v) is 9.18. The third-order valence-electron chi connectivity index (χ3n) is 9.18. The van der Waals surface area contributed by atoms with Crippen molar-refractivity contribution in [2.45, 2.75) is 69.2 Å². The molecule has 2 atom stereocenters. The smallest absolute Gasteiger partial charge is 0.251 e. The number of benzene rings is 2. The Morgan fingerprint density at radius 2 is 1.67 bits per heavy atom. The van der Waals surface area contributed by atoms with Crippen LogP contribution in [0.4, 0.5) is 0 Å². The van der Waals surface area contributed by atoms with Crippen LogP contribution < -0.4 is 21.1 Å². The number of amides is 3. The SMILES string of the molecule is CNC(=O)c1ccc(Oc2ccc(CN3CCC4(CC3)C(=O)N[C@H]([C@H](O)C3CCCCC3)C(=O)N4CCN)cc2)cc1. The first-order valence-electron chi connectivity index (χ1n) is 15.2. The average Bonchev–Trinajstić information content (AvgIpc) is 3.03. The number of carbonyl (C=O) groups is 3. The summed E-state index contributed by atoms with van der Waals surface area (Å²) in [5, 5.41) is 16.6. The zero-order chi connectivity index (χ0) is 29.7. The van der Waals surface area contributed by atoms with Crippen LogP contribution in [0.5, 0.6) is 11.5 Å². The van der Waals surface area contributed by atoms with Gasteiger partial charge in [-0.25, -0.2) is 0 Å². The van der Waals surface area contributed by atoms with Crippen molar-refractivity contribution < 1.29 is 24.2 Å². The molecular formula is C32H43N5O5. The fourth-order valence-electron chi connectivity index (χ4n) is 6.73. The highest BCUT2D eigenvalue weighted by atomic mass is 16.5. The number of nitrogens with one attached hydrogen (secondary N) is 2. The first kappa shape index (κ1) is 30.0. The minimum Gasteiger partial charge on any atom is -0.457 e. The molecule has 5 N–H and O–H groups in total. The minimum atomic E-state index is -0.930. The van der Waals surface area contributed by atoms with E-state index in [9.17, 15) is 19.5 Å². The number of hydrogen-bond donors (Lipinski definition) is 4. The van der Waals surface area contributed by atoms with Crippen molar-refractivity contribution in [3.05, 3.63) is 59.7 Å². The number of piperazine rings is 1. The monoisotopic (exact) mass is 577 g/mol. The summed E-state index contributed by atoms with van der Waals surface area (Å²) in [5.74, 6) is 0.867. The molecule has 226 valence electrons. The molecule has 42 heavy (non-hydrogen) atoms. The first-order chi connectivity index (χ1) is 20.3. The topological polar surface area (TPSA) is 137 Å². The molecule has 2 saturated heterocycles. The van der Waals surface area contributed by atoms with E-state index >= 15 is 0 Å². The molecule has 1 aliphatic carbocycles. The molecule has 1 spiro atoms. The summed E-state index contributed by atoms with van der Waals surface area (Å²) in [6, 6.07) is 14.0. The van der Waals surface area contributed by atoms with Crippen LogP contribution in [-0.4, -0.2) is 83.5 Å². The lowest BCUT2D eigenvalue weighted by atomic mass is 9.78. The van der Waals surface area contributed by atoms with E-state index in [1.807, 2.05) is 24.3 Å². The second kappa shape index (κ2) is 13.2. The molecule has 1 saturated carbocycles. The van der Waals surface area contributed by atoms with Crippen LogP contribution in [0.1, 0.15) is 60.9 Å². The van der Waals surface area contributed by atoms with Crippen LogP contribution in [0.15, 0.2) is 48.5 Å². The van der Waals surface area contributed by atoms with Gasteiger partial charge in [-0.1, -0.05) is 31.4 Å². The number of carbonyl (C=O) groups excluding carboxylic acids is 3. The summed E-state index contributed by atoms with van der Waals surface area (Å²) in [6.07, 6.45) is 5.19. The van der Waals surface area contributed by atoms with E-state index in [1.165, 1.54) is 0 Å². The zero-order valence-electron chi connectivity index (χ0n) is 24.4. The number of rotatable bonds is 9. The molecule has 0 aromatic heterocycles. The first-order valence-corrected chi connectivity index (χ1v) is 15.2. The Kier molecular flexibility index (Phi) is 9.45. The maximum absolute atomic E-state index is 13.7. The van der Waals surface area contributed by atoms with Crippen molar-refractivity contribution in [2.75, 3.05) is 33.2 Å². The molecule has 0 bridgehead atoms. The van der Waals surface area contributed by atoms with E-state index in [0.29, 0.717) is 56.1 Å².